The van der Waals surface area contributed by atoms with E-state index < -0.39 is 31.5 Å². The second-order valence-electron chi connectivity index (χ2n) is 9.59. The molecule has 30 heavy (non-hydrogen) atoms. The SMILES string of the molecule is COC(=O)C1C[C@@](C)(C#N)[C@@H](CC#CCCCO[Si](C(C)C)(C(C)C)C(C)C)C1=O. The first-order valence-electron chi connectivity index (χ1n) is 11.1. The zero-order valence-corrected chi connectivity index (χ0v) is 21.0. The number of Topliss-reactive ketones (excluding diaryl/α,β-unsaturated/α-hetero) is 1. The lowest BCUT2D eigenvalue weighted by Gasteiger charge is -2.42. The number of ketones is 1. The zero-order valence-electron chi connectivity index (χ0n) is 20.0. The zero-order chi connectivity index (χ0) is 23.1. The van der Waals surface area contributed by atoms with Gasteiger partial charge in [0.1, 0.15) is 5.92 Å². The molecule has 5 nitrogen and oxygen atoms in total. The van der Waals surface area contributed by atoms with Crippen molar-refractivity contribution in [3.05, 3.63) is 0 Å². The van der Waals surface area contributed by atoms with Gasteiger partial charge >= 0.3 is 5.97 Å². The molecule has 1 unspecified atom stereocenters. The lowest BCUT2D eigenvalue weighted by atomic mass is 9.79. The van der Waals surface area contributed by atoms with Crippen molar-refractivity contribution < 1.29 is 18.8 Å². The molecular formula is C24H39NO4Si. The van der Waals surface area contributed by atoms with Gasteiger partial charge in [0.15, 0.2) is 14.1 Å². The van der Waals surface area contributed by atoms with Crippen LogP contribution < -0.4 is 0 Å². The summed E-state index contributed by atoms with van der Waals surface area (Å²) in [5, 5.41) is 9.55. The van der Waals surface area contributed by atoms with Crippen LogP contribution in [-0.2, 0) is 18.8 Å². The molecule has 1 aliphatic carbocycles. The first-order chi connectivity index (χ1) is 14.0. The Labute approximate surface area is 184 Å². The lowest BCUT2D eigenvalue weighted by molar-refractivity contribution is -0.148. The van der Waals surface area contributed by atoms with Gasteiger partial charge in [0, 0.05) is 25.4 Å². The number of hydrogen-bond donors (Lipinski definition) is 0. The van der Waals surface area contributed by atoms with Crippen LogP contribution in [0.4, 0.5) is 0 Å². The Morgan fingerprint density at radius 2 is 1.73 bits per heavy atom. The number of esters is 1. The maximum absolute atomic E-state index is 12.6. The quantitative estimate of drug-likeness (QED) is 0.163. The lowest BCUT2D eigenvalue weighted by Crippen LogP contribution is -2.47. The summed E-state index contributed by atoms with van der Waals surface area (Å²) in [4.78, 5) is 24.5. The monoisotopic (exact) mass is 433 g/mol. The Bertz CT molecular complexity index is 691. The fourth-order valence-corrected chi connectivity index (χ4v) is 10.7. The Hall–Kier alpha value is -1.63. The van der Waals surface area contributed by atoms with Crippen LogP contribution in [0, 0.1) is 40.4 Å². The van der Waals surface area contributed by atoms with Gasteiger partial charge in [-0.2, -0.15) is 5.26 Å². The van der Waals surface area contributed by atoms with Crippen LogP contribution in [0.5, 0.6) is 0 Å². The predicted octanol–water partition coefficient (Wildman–Crippen LogP) is 5.26. The Balaban J connectivity index is 2.64. The molecule has 0 aromatic rings. The van der Waals surface area contributed by atoms with E-state index in [0.717, 1.165) is 6.42 Å². The van der Waals surface area contributed by atoms with E-state index in [1.54, 1.807) is 6.92 Å². The molecule has 0 saturated heterocycles. The van der Waals surface area contributed by atoms with Crippen molar-refractivity contribution in [2.45, 2.75) is 90.8 Å². The molecule has 0 aliphatic heterocycles. The summed E-state index contributed by atoms with van der Waals surface area (Å²) in [5.41, 5.74) is 0.806. The van der Waals surface area contributed by atoms with E-state index in [2.05, 4.69) is 59.5 Å². The van der Waals surface area contributed by atoms with E-state index in [1.165, 1.54) is 7.11 Å². The highest BCUT2D eigenvalue weighted by Crippen LogP contribution is 2.45. The van der Waals surface area contributed by atoms with Crippen molar-refractivity contribution in [3.8, 4) is 17.9 Å². The highest BCUT2D eigenvalue weighted by atomic mass is 28.4. The molecule has 1 fully saturated rings. The topological polar surface area (TPSA) is 76.4 Å². The maximum atomic E-state index is 12.6. The largest absolute Gasteiger partial charge is 0.468 e. The summed E-state index contributed by atoms with van der Waals surface area (Å²) < 4.78 is 11.3. The van der Waals surface area contributed by atoms with Crippen molar-refractivity contribution in [1.29, 1.82) is 5.26 Å². The van der Waals surface area contributed by atoms with Crippen molar-refractivity contribution in [2.75, 3.05) is 13.7 Å². The van der Waals surface area contributed by atoms with Crippen LogP contribution in [-0.4, -0.2) is 33.8 Å². The second-order valence-corrected chi connectivity index (χ2v) is 15.1. The van der Waals surface area contributed by atoms with Crippen molar-refractivity contribution in [3.63, 3.8) is 0 Å². The normalized spacial score (nSPS) is 24.1. The highest BCUT2D eigenvalue weighted by molar-refractivity contribution is 6.77. The molecule has 1 aliphatic rings. The van der Waals surface area contributed by atoms with Crippen molar-refractivity contribution >= 4 is 20.1 Å². The summed E-state index contributed by atoms with van der Waals surface area (Å²) in [6.45, 7) is 16.1. The Morgan fingerprint density at radius 1 is 1.17 bits per heavy atom. The van der Waals surface area contributed by atoms with E-state index in [0.29, 0.717) is 36.1 Å². The van der Waals surface area contributed by atoms with Gasteiger partial charge in [0.2, 0.25) is 0 Å². The van der Waals surface area contributed by atoms with E-state index in [1.807, 2.05) is 0 Å². The number of carbonyl (C=O) groups excluding carboxylic acids is 2. The summed E-state index contributed by atoms with van der Waals surface area (Å²) in [6.07, 6.45) is 2.07. The van der Waals surface area contributed by atoms with Crippen LogP contribution in [0.25, 0.3) is 0 Å². The molecule has 0 radical (unpaired) electrons. The van der Waals surface area contributed by atoms with Gasteiger partial charge in [-0.25, -0.2) is 0 Å². The minimum atomic E-state index is -1.85. The van der Waals surface area contributed by atoms with Gasteiger partial charge in [-0.1, -0.05) is 41.5 Å². The molecule has 0 aromatic heterocycles. The average molecular weight is 434 g/mol. The van der Waals surface area contributed by atoms with E-state index in [-0.39, 0.29) is 12.2 Å². The molecule has 0 heterocycles. The Kier molecular flexibility index (Phi) is 9.78. The number of methoxy groups -OCH3 is 1. The fourth-order valence-electron chi connectivity index (χ4n) is 5.19. The minimum Gasteiger partial charge on any atom is -0.468 e. The maximum Gasteiger partial charge on any atom is 0.316 e. The third kappa shape index (κ3) is 5.53. The number of unbranched alkanes of at least 4 members (excludes halogenated alkanes) is 1. The van der Waals surface area contributed by atoms with Gasteiger partial charge in [-0.05, 0) is 36.4 Å². The molecule has 3 atom stereocenters. The smallest absolute Gasteiger partial charge is 0.316 e. The number of nitriles is 1. The molecule has 0 bridgehead atoms. The summed E-state index contributed by atoms with van der Waals surface area (Å²) in [5.74, 6) is 4.05. The number of hydrogen-bond acceptors (Lipinski definition) is 5. The highest BCUT2D eigenvalue weighted by Gasteiger charge is 2.53. The summed E-state index contributed by atoms with van der Waals surface area (Å²) >= 11 is 0. The fraction of sp³-hybridized carbons (Fsp3) is 0.792. The van der Waals surface area contributed by atoms with Crippen LogP contribution >= 0.6 is 0 Å². The first-order valence-corrected chi connectivity index (χ1v) is 13.2. The predicted molar refractivity (Wildman–Crippen MR) is 121 cm³/mol. The molecule has 168 valence electrons. The summed E-state index contributed by atoms with van der Waals surface area (Å²) in [7, 11) is -0.577. The minimum absolute atomic E-state index is 0.210. The number of rotatable bonds is 9. The number of nitrogens with zero attached hydrogens (tertiary/aromatic N) is 1. The van der Waals surface area contributed by atoms with Crippen LogP contribution in [0.15, 0.2) is 0 Å². The van der Waals surface area contributed by atoms with Gasteiger partial charge in [0.05, 0.1) is 18.6 Å². The summed E-state index contributed by atoms with van der Waals surface area (Å²) in [6, 6.07) is 2.23. The number of ether oxygens (including phenoxy) is 1. The van der Waals surface area contributed by atoms with Gasteiger partial charge < -0.3 is 9.16 Å². The molecule has 6 heteroatoms. The molecule has 0 amide bonds. The Morgan fingerprint density at radius 3 is 2.20 bits per heavy atom. The van der Waals surface area contributed by atoms with E-state index in [9.17, 15) is 14.9 Å². The van der Waals surface area contributed by atoms with Crippen LogP contribution in [0.1, 0.15) is 74.1 Å². The van der Waals surface area contributed by atoms with Gasteiger partial charge in [-0.15, -0.1) is 11.8 Å². The third-order valence-corrected chi connectivity index (χ3v) is 12.9. The van der Waals surface area contributed by atoms with Crippen LogP contribution in [0.2, 0.25) is 16.6 Å². The van der Waals surface area contributed by atoms with Gasteiger partial charge in [-0.3, -0.25) is 9.59 Å². The molecule has 0 N–H and O–H groups in total. The average Bonchev–Trinajstić information content (AvgIpc) is 2.93. The van der Waals surface area contributed by atoms with Crippen molar-refractivity contribution in [1.82, 2.24) is 0 Å². The molecule has 0 aromatic carbocycles. The molecule has 0 spiro atoms. The molecular weight excluding hydrogens is 394 g/mol. The molecule has 1 saturated carbocycles. The van der Waals surface area contributed by atoms with Gasteiger partial charge in [0.25, 0.3) is 0 Å². The first kappa shape index (κ1) is 26.4. The van der Waals surface area contributed by atoms with Crippen LogP contribution in [0.3, 0.4) is 0 Å². The van der Waals surface area contributed by atoms with E-state index >= 15 is 0 Å². The third-order valence-electron chi connectivity index (χ3n) is 6.76. The molecule has 1 rings (SSSR count). The number of carbonyl (C=O) groups is 2. The van der Waals surface area contributed by atoms with Crippen molar-refractivity contribution in [2.24, 2.45) is 17.3 Å². The van der Waals surface area contributed by atoms with E-state index in [4.69, 9.17) is 9.16 Å². The second kappa shape index (κ2) is 11.1. The standard InChI is InChI=1S/C24H39NO4Si/c1-17(2)30(18(3)4,19(5)6)29-14-12-10-9-11-13-21-22(26)20(23(27)28-8)15-24(21,7)16-25/h17-21H,10,12-15H2,1-8H3/t20?,21-,24-/m0/s1.